The smallest absolute Gasteiger partial charge is 0.416 e. The molecule has 1 rings (SSSR count). The van der Waals surface area contributed by atoms with Crippen molar-refractivity contribution in [3.8, 4) is 5.75 Å². The SMILES string of the molecule is CC(C)N(C)CCCCNC(=O)NCCOc1ccc(C(F)(F)F)cc1. The lowest BCUT2D eigenvalue weighted by molar-refractivity contribution is -0.137. The molecular formula is C18H28F3N3O2. The molecule has 0 aliphatic heterocycles. The second-order valence-electron chi connectivity index (χ2n) is 6.33. The number of nitrogens with zero attached hydrogens (tertiary/aromatic N) is 1. The van der Waals surface area contributed by atoms with Crippen molar-refractivity contribution >= 4 is 6.03 Å². The second kappa shape index (κ2) is 10.9. The van der Waals surface area contributed by atoms with Gasteiger partial charge < -0.3 is 20.3 Å². The number of urea groups is 1. The number of nitrogens with one attached hydrogen (secondary N) is 2. The van der Waals surface area contributed by atoms with Gasteiger partial charge >= 0.3 is 12.2 Å². The van der Waals surface area contributed by atoms with Gasteiger partial charge in [-0.15, -0.1) is 0 Å². The normalized spacial score (nSPS) is 11.7. The lowest BCUT2D eigenvalue weighted by atomic mass is 10.2. The molecule has 0 atom stereocenters. The van der Waals surface area contributed by atoms with E-state index in [1.165, 1.54) is 12.1 Å². The molecule has 1 aromatic rings. The Morgan fingerprint density at radius 1 is 1.12 bits per heavy atom. The van der Waals surface area contributed by atoms with Gasteiger partial charge in [0, 0.05) is 12.6 Å². The highest BCUT2D eigenvalue weighted by atomic mass is 19.4. The first-order valence-corrected chi connectivity index (χ1v) is 8.72. The first-order chi connectivity index (χ1) is 12.2. The predicted octanol–water partition coefficient (Wildman–Crippen LogP) is 3.50. The summed E-state index contributed by atoms with van der Waals surface area (Å²) < 4.78 is 42.6. The van der Waals surface area contributed by atoms with Crippen LogP contribution in [0.3, 0.4) is 0 Å². The van der Waals surface area contributed by atoms with Crippen LogP contribution < -0.4 is 15.4 Å². The zero-order valence-corrected chi connectivity index (χ0v) is 15.5. The van der Waals surface area contributed by atoms with E-state index in [9.17, 15) is 18.0 Å². The minimum atomic E-state index is -4.36. The van der Waals surface area contributed by atoms with Gasteiger partial charge in [0.25, 0.3) is 0 Å². The van der Waals surface area contributed by atoms with Crippen LogP contribution in [-0.2, 0) is 6.18 Å². The van der Waals surface area contributed by atoms with Crippen molar-refractivity contribution in [2.24, 2.45) is 0 Å². The number of benzene rings is 1. The molecule has 0 saturated heterocycles. The first-order valence-electron chi connectivity index (χ1n) is 8.72. The number of ether oxygens (including phenoxy) is 1. The number of hydrogen-bond donors (Lipinski definition) is 2. The Morgan fingerprint density at radius 3 is 2.31 bits per heavy atom. The molecule has 0 unspecified atom stereocenters. The van der Waals surface area contributed by atoms with Gasteiger partial charge in [-0.2, -0.15) is 13.2 Å². The predicted molar refractivity (Wildman–Crippen MR) is 95.3 cm³/mol. The van der Waals surface area contributed by atoms with Gasteiger partial charge in [-0.25, -0.2) is 4.79 Å². The first kappa shape index (κ1) is 22.1. The zero-order valence-electron chi connectivity index (χ0n) is 15.5. The summed E-state index contributed by atoms with van der Waals surface area (Å²) in [5.74, 6) is 0.328. The third kappa shape index (κ3) is 8.94. The number of unbranched alkanes of at least 4 members (excludes halogenated alkanes) is 1. The average molecular weight is 375 g/mol. The van der Waals surface area contributed by atoms with Crippen LogP contribution in [0, 0.1) is 0 Å². The summed E-state index contributed by atoms with van der Waals surface area (Å²) in [7, 11) is 2.07. The van der Waals surface area contributed by atoms with Gasteiger partial charge in [-0.05, 0) is 64.5 Å². The second-order valence-corrected chi connectivity index (χ2v) is 6.33. The molecule has 0 radical (unpaired) electrons. The number of alkyl halides is 3. The summed E-state index contributed by atoms with van der Waals surface area (Å²) in [5.41, 5.74) is -0.720. The number of carbonyl (C=O) groups excluding carboxylic acids is 1. The van der Waals surface area contributed by atoms with E-state index in [1.807, 2.05) is 0 Å². The van der Waals surface area contributed by atoms with E-state index in [0.717, 1.165) is 31.5 Å². The van der Waals surface area contributed by atoms with Crippen molar-refractivity contribution in [1.82, 2.24) is 15.5 Å². The standard InChI is InChI=1S/C18H28F3N3O2/c1-14(2)24(3)12-5-4-10-22-17(25)23-11-13-26-16-8-6-15(7-9-16)18(19,20)21/h6-9,14H,4-5,10-13H2,1-3H3,(H2,22,23,25). The summed E-state index contributed by atoms with van der Waals surface area (Å²) in [4.78, 5) is 13.9. The fourth-order valence-corrected chi connectivity index (χ4v) is 2.08. The van der Waals surface area contributed by atoms with Crippen molar-refractivity contribution in [3.05, 3.63) is 29.8 Å². The van der Waals surface area contributed by atoms with Crippen LogP contribution in [0.5, 0.6) is 5.75 Å². The monoisotopic (exact) mass is 375 g/mol. The lowest BCUT2D eigenvalue weighted by Crippen LogP contribution is -2.38. The van der Waals surface area contributed by atoms with Crippen LogP contribution in [0.25, 0.3) is 0 Å². The molecule has 0 fully saturated rings. The van der Waals surface area contributed by atoms with E-state index >= 15 is 0 Å². The van der Waals surface area contributed by atoms with Crippen LogP contribution in [-0.4, -0.2) is 50.3 Å². The Morgan fingerprint density at radius 2 is 1.73 bits per heavy atom. The van der Waals surface area contributed by atoms with Crippen molar-refractivity contribution in [2.75, 3.05) is 33.3 Å². The van der Waals surface area contributed by atoms with Crippen molar-refractivity contribution in [1.29, 1.82) is 0 Å². The Hall–Kier alpha value is -1.96. The van der Waals surface area contributed by atoms with Gasteiger partial charge in [-0.1, -0.05) is 0 Å². The van der Waals surface area contributed by atoms with E-state index in [0.29, 0.717) is 18.3 Å². The van der Waals surface area contributed by atoms with Crippen molar-refractivity contribution in [2.45, 2.75) is 38.9 Å². The molecule has 0 aromatic heterocycles. The molecule has 0 saturated carbocycles. The van der Waals surface area contributed by atoms with Crippen LogP contribution >= 0.6 is 0 Å². The highest BCUT2D eigenvalue weighted by Crippen LogP contribution is 2.30. The minimum absolute atomic E-state index is 0.179. The Labute approximate surface area is 152 Å². The topological polar surface area (TPSA) is 53.6 Å². The Balaban J connectivity index is 2.09. The van der Waals surface area contributed by atoms with Crippen molar-refractivity contribution < 1.29 is 22.7 Å². The number of rotatable bonds is 10. The van der Waals surface area contributed by atoms with E-state index < -0.39 is 11.7 Å². The highest BCUT2D eigenvalue weighted by molar-refractivity contribution is 5.73. The van der Waals surface area contributed by atoms with Gasteiger partial charge in [0.2, 0.25) is 0 Å². The van der Waals surface area contributed by atoms with Crippen LogP contribution in [0.1, 0.15) is 32.3 Å². The average Bonchev–Trinajstić information content (AvgIpc) is 2.57. The number of amides is 2. The summed E-state index contributed by atoms with van der Waals surface area (Å²) in [6, 6.07) is 4.68. The summed E-state index contributed by atoms with van der Waals surface area (Å²) in [5, 5.41) is 5.40. The highest BCUT2D eigenvalue weighted by Gasteiger charge is 2.29. The maximum Gasteiger partial charge on any atom is 0.416 e. The maximum atomic E-state index is 12.4. The summed E-state index contributed by atoms with van der Waals surface area (Å²) >= 11 is 0. The molecule has 0 spiro atoms. The van der Waals surface area contributed by atoms with E-state index in [4.69, 9.17) is 4.74 Å². The number of carbonyl (C=O) groups is 1. The molecule has 1 aromatic carbocycles. The minimum Gasteiger partial charge on any atom is -0.492 e. The molecule has 5 nitrogen and oxygen atoms in total. The number of halogens is 3. The number of hydrogen-bond acceptors (Lipinski definition) is 3. The molecular weight excluding hydrogens is 347 g/mol. The molecule has 0 bridgehead atoms. The fourth-order valence-electron chi connectivity index (χ4n) is 2.08. The van der Waals surface area contributed by atoms with E-state index in [1.54, 1.807) is 0 Å². The van der Waals surface area contributed by atoms with Gasteiger partial charge in [-0.3, -0.25) is 0 Å². The van der Waals surface area contributed by atoms with Gasteiger partial charge in [0.05, 0.1) is 12.1 Å². The van der Waals surface area contributed by atoms with Crippen LogP contribution in [0.2, 0.25) is 0 Å². The van der Waals surface area contributed by atoms with Crippen LogP contribution in [0.15, 0.2) is 24.3 Å². The molecule has 0 aliphatic rings. The third-order valence-corrected chi connectivity index (χ3v) is 3.94. The molecule has 8 heteroatoms. The Kier molecular flexibility index (Phi) is 9.26. The van der Waals surface area contributed by atoms with Gasteiger partial charge in [0.15, 0.2) is 0 Å². The van der Waals surface area contributed by atoms with Crippen LogP contribution in [0.4, 0.5) is 18.0 Å². The molecule has 0 heterocycles. The fraction of sp³-hybridized carbons (Fsp3) is 0.611. The molecule has 2 N–H and O–H groups in total. The Bertz CT molecular complexity index is 533. The maximum absolute atomic E-state index is 12.4. The van der Waals surface area contributed by atoms with E-state index in [-0.39, 0.29) is 19.2 Å². The molecule has 0 aliphatic carbocycles. The third-order valence-electron chi connectivity index (χ3n) is 3.94. The summed E-state index contributed by atoms with van der Waals surface area (Å²) in [6.45, 7) is 6.30. The van der Waals surface area contributed by atoms with E-state index in [2.05, 4.69) is 36.4 Å². The largest absolute Gasteiger partial charge is 0.492 e. The lowest BCUT2D eigenvalue weighted by Gasteiger charge is -2.20. The molecule has 148 valence electrons. The quantitative estimate of drug-likeness (QED) is 0.616. The van der Waals surface area contributed by atoms with Gasteiger partial charge in [0.1, 0.15) is 12.4 Å². The van der Waals surface area contributed by atoms with Crippen molar-refractivity contribution in [3.63, 3.8) is 0 Å². The summed E-state index contributed by atoms with van der Waals surface area (Å²) in [6.07, 6.45) is -2.46. The molecule has 26 heavy (non-hydrogen) atoms. The molecule has 2 amide bonds. The zero-order chi connectivity index (χ0) is 19.6.